The van der Waals surface area contributed by atoms with Crippen molar-refractivity contribution in [1.82, 2.24) is 24.6 Å². The molecule has 0 unspecified atom stereocenters. The summed E-state index contributed by atoms with van der Waals surface area (Å²) in [7, 11) is 4.93. The second kappa shape index (κ2) is 13.2. The van der Waals surface area contributed by atoms with E-state index in [-0.39, 0.29) is 16.7 Å². The quantitative estimate of drug-likeness (QED) is 0.177. The Balaban J connectivity index is 1.32. The van der Waals surface area contributed by atoms with Crippen LogP contribution in [0.25, 0.3) is 28.5 Å². The number of rotatable bonds is 12. The van der Waals surface area contributed by atoms with Crippen LogP contribution in [-0.4, -0.2) is 51.3 Å². The molecular weight excluding hydrogens is 570 g/mol. The molecule has 4 aromatic rings. The van der Waals surface area contributed by atoms with Gasteiger partial charge in [-0.05, 0) is 73.0 Å². The molecule has 2 amide bonds. The minimum Gasteiger partial charge on any atom is -0.494 e. The van der Waals surface area contributed by atoms with Crippen LogP contribution in [0.4, 0.5) is 4.79 Å². The third kappa shape index (κ3) is 6.43. The summed E-state index contributed by atoms with van der Waals surface area (Å²) in [6, 6.07) is 12.8. The lowest BCUT2D eigenvalue weighted by Gasteiger charge is -2.15. The number of carbonyl (C=O) groups excluding carboxylic acids is 2. The predicted molar refractivity (Wildman–Crippen MR) is 166 cm³/mol. The topological polar surface area (TPSA) is 127 Å². The third-order valence-electron chi connectivity index (χ3n) is 7.01. The molecule has 0 atom stereocenters. The molecule has 1 saturated heterocycles. The normalized spacial score (nSPS) is 14.0. The van der Waals surface area contributed by atoms with Crippen LogP contribution < -0.4 is 25.1 Å². The fraction of sp³-hybridized carbons (Fsp3) is 0.323. The number of fused-ring (bicyclic) bond motifs is 1. The van der Waals surface area contributed by atoms with E-state index in [1.54, 1.807) is 36.6 Å². The van der Waals surface area contributed by atoms with E-state index in [4.69, 9.17) is 19.2 Å². The molecule has 0 bridgehead atoms. The smallest absolute Gasteiger partial charge is 0.290 e. The number of aryl methyl sites for hydroxylation is 2. The Morgan fingerprint density at radius 1 is 1.00 bits per heavy atom. The highest BCUT2D eigenvalue weighted by atomic mass is 32.2. The van der Waals surface area contributed by atoms with Gasteiger partial charge in [-0.1, -0.05) is 25.5 Å². The molecule has 0 saturated carbocycles. The lowest BCUT2D eigenvalue weighted by molar-refractivity contribution is -0.115. The number of aromatic nitrogens is 4. The van der Waals surface area contributed by atoms with Gasteiger partial charge in [0.25, 0.3) is 16.7 Å². The van der Waals surface area contributed by atoms with E-state index < -0.39 is 0 Å². The van der Waals surface area contributed by atoms with Gasteiger partial charge in [-0.3, -0.25) is 28.9 Å². The Kier molecular flexibility index (Phi) is 9.15. The van der Waals surface area contributed by atoms with Gasteiger partial charge >= 0.3 is 0 Å². The van der Waals surface area contributed by atoms with E-state index in [2.05, 4.69) is 17.3 Å². The first kappa shape index (κ1) is 29.9. The zero-order chi connectivity index (χ0) is 30.5. The van der Waals surface area contributed by atoms with Crippen molar-refractivity contribution in [2.24, 2.45) is 7.05 Å². The average Bonchev–Trinajstić information content (AvgIpc) is 3.50. The molecule has 43 heavy (non-hydrogen) atoms. The molecule has 1 N–H and O–H groups in total. The van der Waals surface area contributed by atoms with Gasteiger partial charge in [0, 0.05) is 19.2 Å². The number of thioether (sulfide) groups is 1. The molecular formula is C31H33N5O6S. The Bertz CT molecular complexity index is 1760. The summed E-state index contributed by atoms with van der Waals surface area (Å²) in [6.07, 6.45) is 4.66. The number of benzene rings is 2. The number of imide groups is 1. The van der Waals surface area contributed by atoms with E-state index in [0.29, 0.717) is 65.0 Å². The van der Waals surface area contributed by atoms with Crippen molar-refractivity contribution in [2.45, 2.75) is 39.2 Å². The molecule has 0 spiro atoms. The third-order valence-corrected chi connectivity index (χ3v) is 7.82. The van der Waals surface area contributed by atoms with Gasteiger partial charge in [0.05, 0.1) is 31.4 Å². The van der Waals surface area contributed by atoms with Crippen LogP contribution in [0.15, 0.2) is 52.2 Å². The predicted octanol–water partition coefficient (Wildman–Crippen LogP) is 4.95. The minimum absolute atomic E-state index is 0.145. The van der Waals surface area contributed by atoms with Crippen molar-refractivity contribution in [3.63, 3.8) is 0 Å². The number of amides is 2. The largest absolute Gasteiger partial charge is 0.494 e. The summed E-state index contributed by atoms with van der Waals surface area (Å²) in [5.74, 6) is 1.99. The Labute approximate surface area is 252 Å². The molecule has 224 valence electrons. The van der Waals surface area contributed by atoms with Gasteiger partial charge < -0.3 is 14.2 Å². The highest BCUT2D eigenvalue weighted by molar-refractivity contribution is 8.18. The molecule has 1 aliphatic rings. The van der Waals surface area contributed by atoms with Crippen molar-refractivity contribution < 1.29 is 23.8 Å². The van der Waals surface area contributed by atoms with Crippen molar-refractivity contribution in [3.8, 4) is 28.6 Å². The van der Waals surface area contributed by atoms with Gasteiger partial charge in [0.1, 0.15) is 17.1 Å². The molecule has 0 radical (unpaired) electrons. The summed E-state index contributed by atoms with van der Waals surface area (Å²) in [6.45, 7) is 2.97. The van der Waals surface area contributed by atoms with E-state index in [1.165, 1.54) is 0 Å². The van der Waals surface area contributed by atoms with Crippen LogP contribution in [0.1, 0.15) is 37.4 Å². The SMILES string of the molecule is CCCc1nn(C)c2c(=O)n(CCCCOc3ccc(C=C4SC(=O)NC4=O)cc3)c(-c3ccc(OC)c(OC)c3)nc12. The zero-order valence-electron chi connectivity index (χ0n) is 24.5. The highest BCUT2D eigenvalue weighted by Crippen LogP contribution is 2.32. The van der Waals surface area contributed by atoms with E-state index in [1.807, 2.05) is 42.5 Å². The lowest BCUT2D eigenvalue weighted by Crippen LogP contribution is -2.25. The number of ether oxygens (including phenoxy) is 3. The number of carbonyl (C=O) groups is 2. The van der Waals surface area contributed by atoms with Crippen molar-refractivity contribution in [3.05, 3.63) is 69.0 Å². The molecule has 1 fully saturated rings. The second-order valence-corrected chi connectivity index (χ2v) is 11.0. The summed E-state index contributed by atoms with van der Waals surface area (Å²) in [5, 5.41) is 6.48. The van der Waals surface area contributed by atoms with Gasteiger partial charge in [-0.2, -0.15) is 5.10 Å². The van der Waals surface area contributed by atoms with E-state index >= 15 is 0 Å². The van der Waals surface area contributed by atoms with Crippen LogP contribution in [0.3, 0.4) is 0 Å². The molecule has 2 aromatic heterocycles. The molecule has 12 heteroatoms. The van der Waals surface area contributed by atoms with Gasteiger partial charge in [0.15, 0.2) is 17.0 Å². The standard InChI is InChI=1S/C31H33N5O6S/c1-5-8-22-26-27(35(2)34-22)30(38)36(28(32-26)20-11-14-23(40-3)24(18-20)41-4)15-6-7-16-42-21-12-9-19(10-13-21)17-25-29(37)33-31(39)43-25/h9-14,17-18H,5-8,15-16H2,1-4H3,(H,33,37,39). The van der Waals surface area contributed by atoms with Gasteiger partial charge in [-0.25, -0.2) is 4.98 Å². The fourth-order valence-corrected chi connectivity index (χ4v) is 5.60. The number of hydrogen-bond acceptors (Lipinski definition) is 9. The molecule has 3 heterocycles. The number of hydrogen-bond donors (Lipinski definition) is 1. The van der Waals surface area contributed by atoms with Gasteiger partial charge in [0.2, 0.25) is 0 Å². The van der Waals surface area contributed by atoms with Crippen LogP contribution in [0.2, 0.25) is 0 Å². The highest BCUT2D eigenvalue weighted by Gasteiger charge is 2.25. The number of nitrogens with zero attached hydrogens (tertiary/aromatic N) is 4. The minimum atomic E-state index is -0.386. The summed E-state index contributed by atoms with van der Waals surface area (Å²) in [4.78, 5) is 42.3. The van der Waals surface area contributed by atoms with E-state index in [9.17, 15) is 14.4 Å². The fourth-order valence-electron chi connectivity index (χ4n) is 4.92. The zero-order valence-corrected chi connectivity index (χ0v) is 25.3. The van der Waals surface area contributed by atoms with Crippen molar-refractivity contribution >= 4 is 40.0 Å². The first-order chi connectivity index (χ1) is 20.8. The monoisotopic (exact) mass is 603 g/mol. The summed E-state index contributed by atoms with van der Waals surface area (Å²) >= 11 is 0.883. The molecule has 11 nitrogen and oxygen atoms in total. The van der Waals surface area contributed by atoms with Crippen molar-refractivity contribution in [1.29, 1.82) is 0 Å². The summed E-state index contributed by atoms with van der Waals surface area (Å²) in [5.41, 5.74) is 3.30. The van der Waals surface area contributed by atoms with Crippen LogP contribution in [-0.2, 0) is 24.8 Å². The average molecular weight is 604 g/mol. The Hall–Kier alpha value is -4.58. The molecule has 5 rings (SSSR count). The Morgan fingerprint density at radius 3 is 2.44 bits per heavy atom. The van der Waals surface area contributed by atoms with E-state index in [0.717, 1.165) is 41.4 Å². The van der Waals surface area contributed by atoms with Gasteiger partial charge in [-0.15, -0.1) is 0 Å². The number of unbranched alkanes of at least 4 members (excludes halogenated alkanes) is 1. The number of nitrogens with one attached hydrogen (secondary N) is 1. The maximum Gasteiger partial charge on any atom is 0.290 e. The van der Waals surface area contributed by atoms with Crippen LogP contribution in [0.5, 0.6) is 17.2 Å². The first-order valence-corrected chi connectivity index (χ1v) is 14.8. The molecule has 1 aliphatic heterocycles. The second-order valence-electron chi connectivity index (χ2n) is 9.96. The number of methoxy groups -OCH3 is 2. The first-order valence-electron chi connectivity index (χ1n) is 14.0. The maximum absolute atomic E-state index is 13.8. The lowest BCUT2D eigenvalue weighted by atomic mass is 10.1. The molecule has 0 aliphatic carbocycles. The van der Waals surface area contributed by atoms with Crippen LogP contribution in [0, 0.1) is 0 Å². The molecule has 2 aromatic carbocycles. The summed E-state index contributed by atoms with van der Waals surface area (Å²) < 4.78 is 20.2. The van der Waals surface area contributed by atoms with Crippen LogP contribution >= 0.6 is 11.8 Å². The maximum atomic E-state index is 13.8. The van der Waals surface area contributed by atoms with Crippen molar-refractivity contribution in [2.75, 3.05) is 20.8 Å². The Morgan fingerprint density at radius 2 is 1.77 bits per heavy atom.